The first kappa shape index (κ1) is 17.9. The Balaban J connectivity index is 1.41. The fourth-order valence-electron chi connectivity index (χ4n) is 3.75. The van der Waals surface area contributed by atoms with Gasteiger partial charge in [0.2, 0.25) is 6.79 Å². The second kappa shape index (κ2) is 7.64. The maximum Gasteiger partial charge on any atom is 0.289 e. The lowest BCUT2D eigenvalue weighted by atomic mass is 10.1. The maximum atomic E-state index is 12.8. The Labute approximate surface area is 159 Å². The minimum absolute atomic E-state index is 0.121. The number of piperidine rings is 1. The van der Waals surface area contributed by atoms with Gasteiger partial charge in [-0.05, 0) is 62.7 Å². The molecule has 144 valence electrons. The molecule has 4 rings (SSSR count). The summed E-state index contributed by atoms with van der Waals surface area (Å²) in [5, 5.41) is 0. The Kier molecular flexibility index (Phi) is 5.07. The highest BCUT2D eigenvalue weighted by atomic mass is 16.7. The van der Waals surface area contributed by atoms with Crippen molar-refractivity contribution < 1.29 is 18.7 Å². The van der Waals surface area contributed by atoms with Gasteiger partial charge in [-0.25, -0.2) is 0 Å². The van der Waals surface area contributed by atoms with Crippen LogP contribution < -0.4 is 9.47 Å². The molecule has 3 heterocycles. The maximum absolute atomic E-state index is 12.8. The Bertz CT molecular complexity index is 810. The molecule has 0 spiro atoms. The van der Waals surface area contributed by atoms with E-state index in [1.54, 1.807) is 18.0 Å². The molecule has 1 aromatic heterocycles. The number of rotatable bonds is 5. The number of amides is 1. The number of likely N-dealkylation sites (tertiary alicyclic amines) is 1. The molecular formula is C21H26N2O4. The number of ether oxygens (including phenoxy) is 2. The summed E-state index contributed by atoms with van der Waals surface area (Å²) in [6, 6.07) is 9.66. The second-order valence-corrected chi connectivity index (χ2v) is 7.32. The van der Waals surface area contributed by atoms with Gasteiger partial charge in [-0.1, -0.05) is 12.5 Å². The minimum atomic E-state index is -0.121. The van der Waals surface area contributed by atoms with Crippen molar-refractivity contribution in [3.63, 3.8) is 0 Å². The Hall–Kier alpha value is -2.47. The fourth-order valence-corrected chi connectivity index (χ4v) is 3.75. The van der Waals surface area contributed by atoms with Gasteiger partial charge >= 0.3 is 0 Å². The summed E-state index contributed by atoms with van der Waals surface area (Å²) >= 11 is 0. The monoisotopic (exact) mass is 370 g/mol. The molecular weight excluding hydrogens is 344 g/mol. The average molecular weight is 370 g/mol. The predicted octanol–water partition coefficient (Wildman–Crippen LogP) is 3.83. The molecule has 27 heavy (non-hydrogen) atoms. The van der Waals surface area contributed by atoms with Gasteiger partial charge in [-0.2, -0.15) is 0 Å². The predicted molar refractivity (Wildman–Crippen MR) is 101 cm³/mol. The van der Waals surface area contributed by atoms with Gasteiger partial charge < -0.3 is 18.8 Å². The number of benzene rings is 1. The molecule has 1 unspecified atom stereocenters. The average Bonchev–Trinajstić information content (AvgIpc) is 3.36. The zero-order valence-corrected chi connectivity index (χ0v) is 15.9. The Morgan fingerprint density at radius 2 is 1.89 bits per heavy atom. The minimum Gasteiger partial charge on any atom is -0.454 e. The van der Waals surface area contributed by atoms with Crippen LogP contribution in [0.2, 0.25) is 0 Å². The third-order valence-corrected chi connectivity index (χ3v) is 5.39. The van der Waals surface area contributed by atoms with E-state index in [9.17, 15) is 4.79 Å². The number of nitrogens with zero attached hydrogens (tertiary/aromatic N) is 2. The van der Waals surface area contributed by atoms with Gasteiger partial charge in [0.05, 0.1) is 6.04 Å². The van der Waals surface area contributed by atoms with Crippen LogP contribution in [0.25, 0.3) is 0 Å². The Morgan fingerprint density at radius 1 is 1.11 bits per heavy atom. The molecule has 2 aliphatic heterocycles. The molecule has 0 N–H and O–H groups in total. The van der Waals surface area contributed by atoms with Crippen LogP contribution in [0.5, 0.6) is 11.5 Å². The zero-order chi connectivity index (χ0) is 18.8. The van der Waals surface area contributed by atoms with Crippen molar-refractivity contribution in [3.8, 4) is 11.5 Å². The van der Waals surface area contributed by atoms with Crippen LogP contribution in [-0.4, -0.2) is 42.6 Å². The molecule has 6 nitrogen and oxygen atoms in total. The summed E-state index contributed by atoms with van der Waals surface area (Å²) in [4.78, 5) is 16.8. The number of hydrogen-bond donors (Lipinski definition) is 0. The van der Waals surface area contributed by atoms with Crippen molar-refractivity contribution in [2.24, 2.45) is 0 Å². The second-order valence-electron chi connectivity index (χ2n) is 7.32. The molecule has 1 saturated heterocycles. The molecule has 0 bridgehead atoms. The van der Waals surface area contributed by atoms with Gasteiger partial charge in [-0.15, -0.1) is 0 Å². The SMILES string of the molecule is CC(c1ccc(C(=O)N(C)Cc2ccc3c(c2)OCO3)o1)N1CCCCC1. The van der Waals surface area contributed by atoms with Gasteiger partial charge in [0, 0.05) is 13.6 Å². The van der Waals surface area contributed by atoms with E-state index >= 15 is 0 Å². The summed E-state index contributed by atoms with van der Waals surface area (Å²) in [7, 11) is 1.78. The van der Waals surface area contributed by atoms with Crippen LogP contribution in [0.3, 0.4) is 0 Å². The molecule has 1 fully saturated rings. The lowest BCUT2D eigenvalue weighted by molar-refractivity contribution is 0.0745. The molecule has 1 aromatic carbocycles. The van der Waals surface area contributed by atoms with E-state index in [1.165, 1.54) is 19.3 Å². The number of hydrogen-bond acceptors (Lipinski definition) is 5. The van der Waals surface area contributed by atoms with Crippen LogP contribution in [0.15, 0.2) is 34.7 Å². The zero-order valence-electron chi connectivity index (χ0n) is 15.9. The summed E-state index contributed by atoms with van der Waals surface area (Å²) < 4.78 is 16.6. The quantitative estimate of drug-likeness (QED) is 0.801. The Morgan fingerprint density at radius 3 is 2.70 bits per heavy atom. The summed E-state index contributed by atoms with van der Waals surface area (Å²) in [5.41, 5.74) is 0.989. The van der Waals surface area contributed by atoms with Crippen molar-refractivity contribution in [1.82, 2.24) is 9.80 Å². The summed E-state index contributed by atoms with van der Waals surface area (Å²) in [5.74, 6) is 2.60. The first-order valence-electron chi connectivity index (χ1n) is 9.59. The molecule has 2 aromatic rings. The van der Waals surface area contributed by atoms with Gasteiger partial charge in [-0.3, -0.25) is 9.69 Å². The van der Waals surface area contributed by atoms with Crippen molar-refractivity contribution in [1.29, 1.82) is 0 Å². The van der Waals surface area contributed by atoms with Crippen molar-refractivity contribution in [2.45, 2.75) is 38.8 Å². The first-order valence-corrected chi connectivity index (χ1v) is 9.59. The van der Waals surface area contributed by atoms with Crippen molar-refractivity contribution >= 4 is 5.91 Å². The largest absolute Gasteiger partial charge is 0.454 e. The highest BCUT2D eigenvalue weighted by molar-refractivity contribution is 5.91. The molecule has 6 heteroatoms. The third kappa shape index (κ3) is 3.81. The topological polar surface area (TPSA) is 55.2 Å². The van der Waals surface area contributed by atoms with E-state index in [0.29, 0.717) is 12.3 Å². The molecule has 1 amide bonds. The normalized spacial score (nSPS) is 17.7. The van der Waals surface area contributed by atoms with E-state index < -0.39 is 0 Å². The number of fused-ring (bicyclic) bond motifs is 1. The first-order chi connectivity index (χ1) is 13.1. The number of furan rings is 1. The summed E-state index contributed by atoms with van der Waals surface area (Å²) in [6.07, 6.45) is 3.76. The lowest BCUT2D eigenvalue weighted by Crippen LogP contribution is -2.32. The smallest absolute Gasteiger partial charge is 0.289 e. The van der Waals surface area contributed by atoms with Gasteiger partial charge in [0.1, 0.15) is 5.76 Å². The standard InChI is InChI=1S/C21H26N2O4/c1-15(23-10-4-3-5-11-23)17-8-9-19(27-17)21(24)22(2)13-16-6-7-18-20(12-16)26-14-25-18/h6-9,12,15H,3-5,10-11,13-14H2,1-2H3. The van der Waals surface area contributed by atoms with E-state index in [2.05, 4.69) is 11.8 Å². The van der Waals surface area contributed by atoms with Crippen LogP contribution in [0, 0.1) is 0 Å². The van der Waals surface area contributed by atoms with Crippen LogP contribution in [0.4, 0.5) is 0 Å². The molecule has 2 aliphatic rings. The van der Waals surface area contributed by atoms with Crippen LogP contribution in [-0.2, 0) is 6.54 Å². The fraction of sp³-hybridized carbons (Fsp3) is 0.476. The van der Waals surface area contributed by atoms with E-state index in [0.717, 1.165) is 35.9 Å². The molecule has 0 saturated carbocycles. The van der Waals surface area contributed by atoms with Gasteiger partial charge in [0.15, 0.2) is 17.3 Å². The van der Waals surface area contributed by atoms with Crippen molar-refractivity contribution in [3.05, 3.63) is 47.4 Å². The highest BCUT2D eigenvalue weighted by Gasteiger charge is 2.23. The third-order valence-electron chi connectivity index (χ3n) is 5.39. The van der Waals surface area contributed by atoms with Crippen LogP contribution >= 0.6 is 0 Å². The van der Waals surface area contributed by atoms with Crippen LogP contribution in [0.1, 0.15) is 54.1 Å². The van der Waals surface area contributed by atoms with E-state index in [4.69, 9.17) is 13.9 Å². The van der Waals surface area contributed by atoms with E-state index in [1.807, 2.05) is 24.3 Å². The number of carbonyl (C=O) groups excluding carboxylic acids is 1. The number of carbonyl (C=O) groups is 1. The highest BCUT2D eigenvalue weighted by Crippen LogP contribution is 2.33. The molecule has 0 radical (unpaired) electrons. The molecule has 0 aliphatic carbocycles. The van der Waals surface area contributed by atoms with Crippen molar-refractivity contribution in [2.75, 3.05) is 26.9 Å². The summed E-state index contributed by atoms with van der Waals surface area (Å²) in [6.45, 7) is 5.06. The molecule has 1 atom stereocenters. The van der Waals surface area contributed by atoms with E-state index in [-0.39, 0.29) is 18.7 Å². The lowest BCUT2D eigenvalue weighted by Gasteiger charge is -2.31. The van der Waals surface area contributed by atoms with Gasteiger partial charge in [0.25, 0.3) is 5.91 Å².